The smallest absolute Gasteiger partial charge is 0.125 e. The van der Waals surface area contributed by atoms with Crippen LogP contribution < -0.4 is 4.74 Å². The van der Waals surface area contributed by atoms with Gasteiger partial charge in [0.1, 0.15) is 5.75 Å². The van der Waals surface area contributed by atoms with E-state index in [0.717, 1.165) is 17.7 Å². The van der Waals surface area contributed by atoms with Crippen LogP contribution in [0.1, 0.15) is 64.0 Å². The summed E-state index contributed by atoms with van der Waals surface area (Å²) in [6.45, 7) is 4.65. The Morgan fingerprint density at radius 3 is 2.53 bits per heavy atom. The van der Waals surface area contributed by atoms with Crippen LogP contribution in [0.2, 0.25) is 5.02 Å². The molecule has 1 aromatic rings. The standard InChI is InChI=1S/C16H25ClO2/c1-3-4-5-6-7-8-11-19-16-10-9-14(17)12-15(16)13(2)18/h9-10,12-13,18H,3-8,11H2,1-2H3/t13-/m1/s1. The maximum Gasteiger partial charge on any atom is 0.125 e. The Kier molecular flexibility index (Phi) is 7.92. The fourth-order valence-corrected chi connectivity index (χ4v) is 2.22. The van der Waals surface area contributed by atoms with E-state index < -0.39 is 6.10 Å². The van der Waals surface area contributed by atoms with Crippen molar-refractivity contribution in [2.75, 3.05) is 6.61 Å². The number of hydrogen-bond donors (Lipinski definition) is 1. The summed E-state index contributed by atoms with van der Waals surface area (Å²) >= 11 is 5.93. The summed E-state index contributed by atoms with van der Waals surface area (Å²) < 4.78 is 5.74. The van der Waals surface area contributed by atoms with E-state index in [9.17, 15) is 5.11 Å². The van der Waals surface area contributed by atoms with Gasteiger partial charge in [-0.15, -0.1) is 0 Å². The van der Waals surface area contributed by atoms with Crippen LogP contribution in [0.5, 0.6) is 5.75 Å². The summed E-state index contributed by atoms with van der Waals surface area (Å²) in [5.41, 5.74) is 0.762. The minimum Gasteiger partial charge on any atom is -0.493 e. The lowest BCUT2D eigenvalue weighted by molar-refractivity contribution is 0.190. The van der Waals surface area contributed by atoms with Crippen LogP contribution in [0, 0.1) is 0 Å². The topological polar surface area (TPSA) is 29.5 Å². The molecular formula is C16H25ClO2. The highest BCUT2D eigenvalue weighted by molar-refractivity contribution is 6.30. The third-order valence-electron chi connectivity index (χ3n) is 3.18. The van der Waals surface area contributed by atoms with Crippen LogP contribution in [0.4, 0.5) is 0 Å². The summed E-state index contributed by atoms with van der Waals surface area (Å²) in [5, 5.41) is 10.3. The quantitative estimate of drug-likeness (QED) is 0.637. The number of aliphatic hydroxyl groups is 1. The first-order chi connectivity index (χ1) is 9.15. The second-order valence-corrected chi connectivity index (χ2v) is 5.41. The Morgan fingerprint density at radius 2 is 1.84 bits per heavy atom. The normalized spacial score (nSPS) is 12.4. The van der Waals surface area contributed by atoms with E-state index in [-0.39, 0.29) is 0 Å². The van der Waals surface area contributed by atoms with E-state index >= 15 is 0 Å². The third-order valence-corrected chi connectivity index (χ3v) is 3.41. The molecule has 0 saturated carbocycles. The van der Waals surface area contributed by atoms with E-state index in [2.05, 4.69) is 6.92 Å². The maximum absolute atomic E-state index is 9.69. The molecule has 0 radical (unpaired) electrons. The lowest BCUT2D eigenvalue weighted by Crippen LogP contribution is -2.02. The molecule has 0 aromatic heterocycles. The van der Waals surface area contributed by atoms with Gasteiger partial charge in [0.05, 0.1) is 12.7 Å². The zero-order valence-electron chi connectivity index (χ0n) is 12.0. The highest BCUT2D eigenvalue weighted by Gasteiger charge is 2.09. The molecule has 0 saturated heterocycles. The first-order valence-corrected chi connectivity index (χ1v) is 7.63. The van der Waals surface area contributed by atoms with Crippen LogP contribution in [0.3, 0.4) is 0 Å². The summed E-state index contributed by atoms with van der Waals surface area (Å²) in [7, 11) is 0. The molecule has 0 unspecified atom stereocenters. The summed E-state index contributed by atoms with van der Waals surface area (Å²) in [6, 6.07) is 5.40. The summed E-state index contributed by atoms with van der Waals surface area (Å²) in [6.07, 6.45) is 6.91. The van der Waals surface area contributed by atoms with Gasteiger partial charge in [0.2, 0.25) is 0 Å². The van der Waals surface area contributed by atoms with E-state index in [0.29, 0.717) is 11.6 Å². The minimum atomic E-state index is -0.557. The molecule has 0 aliphatic heterocycles. The number of halogens is 1. The van der Waals surface area contributed by atoms with Gasteiger partial charge in [0.25, 0.3) is 0 Å². The number of rotatable bonds is 9. The van der Waals surface area contributed by atoms with Crippen LogP contribution >= 0.6 is 11.6 Å². The van der Waals surface area contributed by atoms with E-state index in [1.54, 1.807) is 19.1 Å². The molecule has 0 aliphatic rings. The number of aliphatic hydroxyl groups excluding tert-OH is 1. The average Bonchev–Trinajstić information content (AvgIpc) is 2.39. The SMILES string of the molecule is CCCCCCCCOc1ccc(Cl)cc1[C@@H](C)O. The second-order valence-electron chi connectivity index (χ2n) is 4.97. The highest BCUT2D eigenvalue weighted by Crippen LogP contribution is 2.28. The number of unbranched alkanes of at least 4 members (excludes halogenated alkanes) is 5. The van der Waals surface area contributed by atoms with Crippen molar-refractivity contribution in [1.29, 1.82) is 0 Å². The summed E-state index contributed by atoms with van der Waals surface area (Å²) in [4.78, 5) is 0. The molecule has 0 spiro atoms. The van der Waals surface area contributed by atoms with Crippen molar-refractivity contribution >= 4 is 11.6 Å². The Bertz CT molecular complexity index is 364. The molecule has 1 aromatic carbocycles. The third kappa shape index (κ3) is 6.31. The first-order valence-electron chi connectivity index (χ1n) is 7.25. The molecule has 2 nitrogen and oxygen atoms in total. The van der Waals surface area contributed by atoms with Crippen LogP contribution in [0.15, 0.2) is 18.2 Å². The van der Waals surface area contributed by atoms with Crippen LogP contribution in [0.25, 0.3) is 0 Å². The highest BCUT2D eigenvalue weighted by atomic mass is 35.5. The van der Waals surface area contributed by atoms with Crippen molar-refractivity contribution in [1.82, 2.24) is 0 Å². The monoisotopic (exact) mass is 284 g/mol. The Hall–Kier alpha value is -0.730. The van der Waals surface area contributed by atoms with Crippen molar-refractivity contribution in [3.8, 4) is 5.75 Å². The van der Waals surface area contributed by atoms with Gasteiger partial charge < -0.3 is 9.84 Å². The number of ether oxygens (including phenoxy) is 1. The molecule has 1 atom stereocenters. The maximum atomic E-state index is 9.69. The average molecular weight is 285 g/mol. The number of hydrogen-bond acceptors (Lipinski definition) is 2. The Morgan fingerprint density at radius 1 is 1.16 bits per heavy atom. The molecule has 0 heterocycles. The van der Waals surface area contributed by atoms with Crippen molar-refractivity contribution < 1.29 is 9.84 Å². The molecule has 0 fully saturated rings. The second kappa shape index (κ2) is 9.22. The Balaban J connectivity index is 2.33. The van der Waals surface area contributed by atoms with Gasteiger partial charge in [0, 0.05) is 10.6 Å². The zero-order valence-corrected chi connectivity index (χ0v) is 12.7. The molecule has 3 heteroatoms. The van der Waals surface area contributed by atoms with Crippen LogP contribution in [-0.2, 0) is 0 Å². The van der Waals surface area contributed by atoms with E-state index in [1.807, 2.05) is 6.07 Å². The van der Waals surface area contributed by atoms with E-state index in [1.165, 1.54) is 32.1 Å². The Labute approximate surface area is 121 Å². The largest absolute Gasteiger partial charge is 0.493 e. The molecule has 1 N–H and O–H groups in total. The zero-order chi connectivity index (χ0) is 14.1. The van der Waals surface area contributed by atoms with Gasteiger partial charge in [-0.2, -0.15) is 0 Å². The van der Waals surface area contributed by atoms with E-state index in [4.69, 9.17) is 16.3 Å². The lowest BCUT2D eigenvalue weighted by atomic mass is 10.1. The van der Waals surface area contributed by atoms with Crippen molar-refractivity contribution in [2.45, 2.75) is 58.5 Å². The first kappa shape index (κ1) is 16.3. The molecule has 19 heavy (non-hydrogen) atoms. The minimum absolute atomic E-state index is 0.557. The van der Waals surface area contributed by atoms with Crippen molar-refractivity contribution in [3.63, 3.8) is 0 Å². The number of benzene rings is 1. The molecule has 0 aliphatic carbocycles. The fourth-order valence-electron chi connectivity index (χ4n) is 2.04. The molecule has 108 valence electrons. The molecule has 1 rings (SSSR count). The van der Waals surface area contributed by atoms with Crippen LogP contribution in [-0.4, -0.2) is 11.7 Å². The molecule has 0 bridgehead atoms. The molecular weight excluding hydrogens is 260 g/mol. The van der Waals surface area contributed by atoms with Gasteiger partial charge in [0.15, 0.2) is 0 Å². The fraction of sp³-hybridized carbons (Fsp3) is 0.625. The van der Waals surface area contributed by atoms with Gasteiger partial charge >= 0.3 is 0 Å². The predicted octanol–water partition coefficient (Wildman–Crippen LogP) is 5.13. The van der Waals surface area contributed by atoms with Gasteiger partial charge in [-0.1, -0.05) is 50.6 Å². The van der Waals surface area contributed by atoms with Gasteiger partial charge in [-0.05, 0) is 31.5 Å². The predicted molar refractivity (Wildman–Crippen MR) is 81.0 cm³/mol. The van der Waals surface area contributed by atoms with Gasteiger partial charge in [-0.3, -0.25) is 0 Å². The molecule has 0 amide bonds. The van der Waals surface area contributed by atoms with Crippen molar-refractivity contribution in [3.05, 3.63) is 28.8 Å². The summed E-state index contributed by atoms with van der Waals surface area (Å²) in [5.74, 6) is 0.743. The lowest BCUT2D eigenvalue weighted by Gasteiger charge is -2.13. The van der Waals surface area contributed by atoms with Gasteiger partial charge in [-0.25, -0.2) is 0 Å². The van der Waals surface area contributed by atoms with Crippen molar-refractivity contribution in [2.24, 2.45) is 0 Å².